The molecule has 15 heteroatoms. The second-order valence-electron chi connectivity index (χ2n) is 10.0. The van der Waals surface area contributed by atoms with Crippen molar-refractivity contribution in [1.29, 1.82) is 5.26 Å². The van der Waals surface area contributed by atoms with Gasteiger partial charge in [-0.2, -0.15) is 18.8 Å². The van der Waals surface area contributed by atoms with Gasteiger partial charge in [0.1, 0.15) is 17.6 Å². The van der Waals surface area contributed by atoms with Gasteiger partial charge in [0.15, 0.2) is 15.7 Å². The maximum atomic E-state index is 11.9. The van der Waals surface area contributed by atoms with E-state index in [0.717, 1.165) is 29.0 Å². The van der Waals surface area contributed by atoms with Crippen molar-refractivity contribution in [2.75, 3.05) is 29.5 Å². The third-order valence-corrected chi connectivity index (χ3v) is 8.97. The van der Waals surface area contributed by atoms with Crippen LogP contribution in [-0.2, 0) is 20.0 Å². The molecule has 238 valence electrons. The van der Waals surface area contributed by atoms with Gasteiger partial charge in [0.2, 0.25) is 0 Å². The molecular formula is C31H32N8O5S2. The fourth-order valence-electron chi connectivity index (χ4n) is 4.33. The number of fused-ring (bicyclic) bond motifs is 1. The molecule has 0 saturated carbocycles. The number of rotatable bonds is 14. The average Bonchev–Trinajstić information content (AvgIpc) is 3.03. The van der Waals surface area contributed by atoms with Gasteiger partial charge in [-0.1, -0.05) is 44.2 Å². The zero-order chi connectivity index (χ0) is 33.3. The predicted molar refractivity (Wildman–Crippen MR) is 178 cm³/mol. The smallest absolute Gasteiger partial charge is 0.294 e. The summed E-state index contributed by atoms with van der Waals surface area (Å²) in [6, 6.07) is 18.3. The summed E-state index contributed by atoms with van der Waals surface area (Å²) in [5.74, 6) is 0.438. The van der Waals surface area contributed by atoms with Crippen LogP contribution in [0.25, 0.3) is 10.8 Å². The standard InChI is InChI=1S/C31H32N8O5S2/c1-4-6-17-33-31-29(21(3)26(20-32)30(35-31)34-18-19-45(40,41)5-2)39-38-28-16-15-27(24-9-7-8-10-25(24)28)37-36-22-11-13-23(14-12-22)46(42,43)44/h5,7-16H,2,4,6,17-19H2,1,3H3,(H2,33,34,35)(H,42,43,44). The van der Waals surface area contributed by atoms with E-state index in [9.17, 15) is 26.7 Å². The molecule has 0 amide bonds. The zero-order valence-corrected chi connectivity index (χ0v) is 26.8. The molecule has 0 fully saturated rings. The molecule has 13 nitrogen and oxygen atoms in total. The summed E-state index contributed by atoms with van der Waals surface area (Å²) >= 11 is 0. The van der Waals surface area contributed by atoms with Crippen LogP contribution in [0.3, 0.4) is 0 Å². The number of pyridine rings is 1. The maximum Gasteiger partial charge on any atom is 0.294 e. The Bertz CT molecular complexity index is 2070. The first-order valence-electron chi connectivity index (χ1n) is 14.2. The van der Waals surface area contributed by atoms with Crippen molar-refractivity contribution in [1.82, 2.24) is 4.98 Å². The Labute approximate surface area is 267 Å². The molecule has 3 N–H and O–H groups in total. The Balaban J connectivity index is 1.69. The number of nitriles is 1. The number of hydrogen-bond acceptors (Lipinski definition) is 12. The largest absolute Gasteiger partial charge is 0.368 e. The van der Waals surface area contributed by atoms with Crippen LogP contribution < -0.4 is 10.6 Å². The number of anilines is 2. The predicted octanol–water partition coefficient (Wildman–Crippen LogP) is 7.67. The number of nitrogens with one attached hydrogen (secondary N) is 2. The van der Waals surface area contributed by atoms with Gasteiger partial charge in [-0.05, 0) is 49.7 Å². The van der Waals surface area contributed by atoms with Gasteiger partial charge in [0.05, 0.1) is 33.3 Å². The summed E-state index contributed by atoms with van der Waals surface area (Å²) in [5.41, 5.74) is 2.56. The van der Waals surface area contributed by atoms with Crippen LogP contribution in [0.5, 0.6) is 0 Å². The molecule has 46 heavy (non-hydrogen) atoms. The molecule has 0 unspecified atom stereocenters. The van der Waals surface area contributed by atoms with E-state index >= 15 is 0 Å². The molecule has 4 rings (SSSR count). The third-order valence-electron chi connectivity index (χ3n) is 6.83. The van der Waals surface area contributed by atoms with Crippen molar-refractivity contribution >= 4 is 65.1 Å². The Morgan fingerprint density at radius 1 is 0.891 bits per heavy atom. The lowest BCUT2D eigenvalue weighted by molar-refractivity contribution is 0.483. The van der Waals surface area contributed by atoms with Crippen molar-refractivity contribution in [3.05, 3.63) is 83.8 Å². The van der Waals surface area contributed by atoms with Gasteiger partial charge in [0, 0.05) is 34.8 Å². The number of unbranched alkanes of at least 4 members (excludes halogenated alkanes) is 1. The molecule has 3 aromatic carbocycles. The monoisotopic (exact) mass is 660 g/mol. The summed E-state index contributed by atoms with van der Waals surface area (Å²) < 4.78 is 55.5. The molecular weight excluding hydrogens is 629 g/mol. The van der Waals surface area contributed by atoms with Gasteiger partial charge in [-0.15, -0.1) is 15.3 Å². The topological polar surface area (TPSA) is 199 Å². The van der Waals surface area contributed by atoms with Gasteiger partial charge < -0.3 is 10.6 Å². The van der Waals surface area contributed by atoms with Crippen LogP contribution in [0.4, 0.5) is 34.4 Å². The molecule has 0 aliphatic rings. The van der Waals surface area contributed by atoms with Gasteiger partial charge in [-0.3, -0.25) is 4.55 Å². The summed E-state index contributed by atoms with van der Waals surface area (Å²) in [4.78, 5) is 4.35. The Kier molecular flexibility index (Phi) is 10.9. The Morgan fingerprint density at radius 2 is 1.50 bits per heavy atom. The van der Waals surface area contributed by atoms with E-state index in [1.807, 2.05) is 24.3 Å². The SMILES string of the molecule is C=CS(=O)(=O)CCNc1nc(NCCCC)c(N=Nc2ccc(N=Nc3ccc(S(=O)(=O)O)cc3)c3ccccc23)c(C)c1C#N. The minimum absolute atomic E-state index is 0.0380. The lowest BCUT2D eigenvalue weighted by Gasteiger charge is -2.15. The summed E-state index contributed by atoms with van der Waals surface area (Å²) in [7, 11) is -7.75. The highest BCUT2D eigenvalue weighted by atomic mass is 32.2. The van der Waals surface area contributed by atoms with E-state index < -0.39 is 20.0 Å². The van der Waals surface area contributed by atoms with Crippen LogP contribution >= 0.6 is 0 Å². The number of sulfone groups is 1. The first-order chi connectivity index (χ1) is 22.0. The van der Waals surface area contributed by atoms with Crippen molar-refractivity contribution in [3.8, 4) is 6.07 Å². The van der Waals surface area contributed by atoms with Crippen molar-refractivity contribution < 1.29 is 21.4 Å². The van der Waals surface area contributed by atoms with Crippen LogP contribution in [0.1, 0.15) is 30.9 Å². The number of aromatic nitrogens is 1. The summed E-state index contributed by atoms with van der Waals surface area (Å²) in [6.07, 6.45) is 1.80. The Hall–Kier alpha value is -5.04. The quantitative estimate of drug-likeness (QED) is 0.0689. The average molecular weight is 661 g/mol. The van der Waals surface area contributed by atoms with Gasteiger partial charge in [-0.25, -0.2) is 13.4 Å². The van der Waals surface area contributed by atoms with Crippen molar-refractivity contribution in [2.45, 2.75) is 31.6 Å². The fraction of sp³-hybridized carbons (Fsp3) is 0.226. The minimum Gasteiger partial charge on any atom is -0.368 e. The number of hydrogen-bond donors (Lipinski definition) is 3. The van der Waals surface area contributed by atoms with E-state index in [-0.39, 0.29) is 28.6 Å². The highest BCUT2D eigenvalue weighted by Crippen LogP contribution is 2.38. The van der Waals surface area contributed by atoms with Crippen LogP contribution in [0, 0.1) is 18.3 Å². The van der Waals surface area contributed by atoms with Gasteiger partial charge >= 0.3 is 0 Å². The second-order valence-corrected chi connectivity index (χ2v) is 13.5. The van der Waals surface area contributed by atoms with Crippen LogP contribution in [0.2, 0.25) is 0 Å². The highest BCUT2D eigenvalue weighted by molar-refractivity contribution is 7.94. The molecule has 0 atom stereocenters. The molecule has 4 aromatic rings. The van der Waals surface area contributed by atoms with E-state index in [1.54, 1.807) is 19.1 Å². The minimum atomic E-state index is -4.31. The lowest BCUT2D eigenvalue weighted by atomic mass is 10.1. The Morgan fingerprint density at radius 3 is 2.07 bits per heavy atom. The van der Waals surface area contributed by atoms with E-state index in [2.05, 4.69) is 55.6 Å². The molecule has 1 aromatic heterocycles. The van der Waals surface area contributed by atoms with E-state index in [4.69, 9.17) is 0 Å². The highest BCUT2D eigenvalue weighted by Gasteiger charge is 2.18. The first kappa shape index (κ1) is 33.8. The van der Waals surface area contributed by atoms with E-state index in [0.29, 0.717) is 40.7 Å². The molecule has 0 aliphatic carbocycles. The van der Waals surface area contributed by atoms with Crippen molar-refractivity contribution in [2.24, 2.45) is 20.5 Å². The number of azo groups is 2. The van der Waals surface area contributed by atoms with E-state index in [1.165, 1.54) is 24.3 Å². The number of benzene rings is 3. The lowest BCUT2D eigenvalue weighted by Crippen LogP contribution is -2.16. The van der Waals surface area contributed by atoms with Crippen LogP contribution in [-0.4, -0.2) is 45.2 Å². The maximum absolute atomic E-state index is 11.9. The summed E-state index contributed by atoms with van der Waals surface area (Å²) in [6.45, 7) is 7.75. The molecule has 0 saturated heterocycles. The molecule has 0 radical (unpaired) electrons. The molecule has 0 aliphatic heterocycles. The van der Waals surface area contributed by atoms with Gasteiger partial charge in [0.25, 0.3) is 10.1 Å². The molecule has 0 spiro atoms. The normalized spacial score (nSPS) is 12.0. The number of nitrogens with zero attached hydrogens (tertiary/aromatic N) is 6. The molecule has 0 bridgehead atoms. The second kappa shape index (κ2) is 14.8. The van der Waals surface area contributed by atoms with Crippen LogP contribution in [0.15, 0.2) is 98.0 Å². The first-order valence-corrected chi connectivity index (χ1v) is 17.3. The fourth-order valence-corrected chi connectivity index (χ4v) is 5.36. The van der Waals surface area contributed by atoms with Crippen molar-refractivity contribution in [3.63, 3.8) is 0 Å². The molecule has 1 heterocycles. The third kappa shape index (κ3) is 8.36. The zero-order valence-electron chi connectivity index (χ0n) is 25.2. The summed E-state index contributed by atoms with van der Waals surface area (Å²) in [5, 5.41) is 36.1.